The highest BCUT2D eigenvalue weighted by molar-refractivity contribution is 5.85. The fourth-order valence-electron chi connectivity index (χ4n) is 1.30. The standard InChI is InChI=1S/C11H14N2O4/c1-2-17-9(14)6-4-7-3-5-8(11(15)16)13-10(7)12/h3,5H,2,4,6H2,1H3,(H2,12,13)(H,15,16). The van der Waals surface area contributed by atoms with E-state index in [4.69, 9.17) is 15.6 Å². The zero-order valence-electron chi connectivity index (χ0n) is 9.47. The first-order valence-corrected chi connectivity index (χ1v) is 5.19. The monoisotopic (exact) mass is 238 g/mol. The van der Waals surface area contributed by atoms with Crippen LogP contribution in [0.4, 0.5) is 5.82 Å². The summed E-state index contributed by atoms with van der Waals surface area (Å²) >= 11 is 0. The summed E-state index contributed by atoms with van der Waals surface area (Å²) < 4.78 is 4.77. The molecule has 1 aromatic heterocycles. The molecule has 0 bridgehead atoms. The Labute approximate surface area is 98.4 Å². The van der Waals surface area contributed by atoms with Crippen molar-refractivity contribution in [1.82, 2.24) is 4.98 Å². The van der Waals surface area contributed by atoms with E-state index < -0.39 is 5.97 Å². The summed E-state index contributed by atoms with van der Waals surface area (Å²) in [6.45, 7) is 2.07. The van der Waals surface area contributed by atoms with E-state index in [0.717, 1.165) is 0 Å². The van der Waals surface area contributed by atoms with Gasteiger partial charge in [0.15, 0.2) is 5.69 Å². The van der Waals surface area contributed by atoms with Crippen molar-refractivity contribution >= 4 is 17.8 Å². The van der Waals surface area contributed by atoms with Gasteiger partial charge in [-0.15, -0.1) is 0 Å². The quantitative estimate of drug-likeness (QED) is 0.737. The second kappa shape index (κ2) is 5.83. The molecule has 0 aromatic carbocycles. The lowest BCUT2D eigenvalue weighted by molar-refractivity contribution is -0.143. The summed E-state index contributed by atoms with van der Waals surface area (Å²) in [5, 5.41) is 8.70. The molecule has 1 aromatic rings. The molecule has 3 N–H and O–H groups in total. The molecule has 0 saturated carbocycles. The maximum Gasteiger partial charge on any atom is 0.354 e. The third kappa shape index (κ3) is 3.75. The first-order chi connectivity index (χ1) is 8.04. The third-order valence-electron chi connectivity index (χ3n) is 2.14. The Morgan fingerprint density at radius 3 is 2.71 bits per heavy atom. The number of carbonyl (C=O) groups is 2. The number of hydrogen-bond acceptors (Lipinski definition) is 5. The van der Waals surface area contributed by atoms with Crippen LogP contribution in [0.25, 0.3) is 0 Å². The molecule has 0 amide bonds. The predicted molar refractivity (Wildman–Crippen MR) is 60.6 cm³/mol. The largest absolute Gasteiger partial charge is 0.477 e. The molecule has 0 unspecified atom stereocenters. The van der Waals surface area contributed by atoms with Crippen molar-refractivity contribution in [3.8, 4) is 0 Å². The van der Waals surface area contributed by atoms with Gasteiger partial charge in [-0.2, -0.15) is 0 Å². The van der Waals surface area contributed by atoms with Gasteiger partial charge in [-0.25, -0.2) is 9.78 Å². The van der Waals surface area contributed by atoms with E-state index in [9.17, 15) is 9.59 Å². The molecule has 0 aliphatic carbocycles. The second-order valence-electron chi connectivity index (χ2n) is 3.35. The van der Waals surface area contributed by atoms with Crippen molar-refractivity contribution in [2.45, 2.75) is 19.8 Å². The number of aromatic carboxylic acids is 1. The van der Waals surface area contributed by atoms with Gasteiger partial charge < -0.3 is 15.6 Å². The number of carboxylic acids is 1. The summed E-state index contributed by atoms with van der Waals surface area (Å²) in [4.78, 5) is 25.5. The SMILES string of the molecule is CCOC(=O)CCc1ccc(C(=O)O)nc1N. The lowest BCUT2D eigenvalue weighted by atomic mass is 10.1. The number of nitrogen functional groups attached to an aromatic ring is 1. The topological polar surface area (TPSA) is 103 Å². The van der Waals surface area contributed by atoms with Crippen molar-refractivity contribution in [2.75, 3.05) is 12.3 Å². The van der Waals surface area contributed by atoms with Crippen molar-refractivity contribution in [3.63, 3.8) is 0 Å². The number of nitrogens with zero attached hydrogens (tertiary/aromatic N) is 1. The summed E-state index contributed by atoms with van der Waals surface area (Å²) in [6, 6.07) is 2.92. The molecule has 1 rings (SSSR count). The van der Waals surface area contributed by atoms with Gasteiger partial charge in [0.1, 0.15) is 5.82 Å². The van der Waals surface area contributed by atoms with Gasteiger partial charge in [-0.1, -0.05) is 6.07 Å². The molecule has 1 heterocycles. The predicted octanol–water partition coefficient (Wildman–Crippen LogP) is 0.858. The average molecular weight is 238 g/mol. The molecular weight excluding hydrogens is 224 g/mol. The number of ether oxygens (including phenoxy) is 1. The Morgan fingerprint density at radius 1 is 1.47 bits per heavy atom. The average Bonchev–Trinajstić information content (AvgIpc) is 2.27. The van der Waals surface area contributed by atoms with Crippen LogP contribution in [0.1, 0.15) is 29.4 Å². The molecule has 17 heavy (non-hydrogen) atoms. The second-order valence-corrected chi connectivity index (χ2v) is 3.35. The number of aromatic nitrogens is 1. The number of hydrogen-bond donors (Lipinski definition) is 2. The van der Waals surface area contributed by atoms with Crippen LogP contribution in [-0.2, 0) is 16.0 Å². The molecule has 0 aliphatic heterocycles. The highest BCUT2D eigenvalue weighted by Crippen LogP contribution is 2.12. The third-order valence-corrected chi connectivity index (χ3v) is 2.14. The number of rotatable bonds is 5. The van der Waals surface area contributed by atoms with Gasteiger partial charge in [-0.05, 0) is 25.0 Å². The van der Waals surface area contributed by atoms with Crippen molar-refractivity contribution in [1.29, 1.82) is 0 Å². The summed E-state index contributed by atoms with van der Waals surface area (Å²) in [7, 11) is 0. The van der Waals surface area contributed by atoms with Crippen molar-refractivity contribution in [3.05, 3.63) is 23.4 Å². The number of carboxylic acid groups (broad SMARTS) is 1. The lowest BCUT2D eigenvalue weighted by Crippen LogP contribution is -2.09. The number of nitrogens with two attached hydrogens (primary N) is 1. The minimum absolute atomic E-state index is 0.109. The van der Waals surface area contributed by atoms with Crippen molar-refractivity contribution < 1.29 is 19.4 Å². The molecule has 0 atom stereocenters. The van der Waals surface area contributed by atoms with E-state index >= 15 is 0 Å². The minimum Gasteiger partial charge on any atom is -0.477 e. The maximum atomic E-state index is 11.1. The number of anilines is 1. The Morgan fingerprint density at radius 2 is 2.18 bits per heavy atom. The van der Waals surface area contributed by atoms with Gasteiger partial charge in [0, 0.05) is 6.42 Å². The van der Waals surface area contributed by atoms with Crippen molar-refractivity contribution in [2.24, 2.45) is 0 Å². The maximum absolute atomic E-state index is 11.1. The van der Waals surface area contributed by atoms with Gasteiger partial charge in [0.05, 0.1) is 6.61 Å². The zero-order valence-corrected chi connectivity index (χ0v) is 9.47. The van der Waals surface area contributed by atoms with Gasteiger partial charge in [-0.3, -0.25) is 4.79 Å². The normalized spacial score (nSPS) is 9.94. The minimum atomic E-state index is -1.13. The van der Waals surface area contributed by atoms with Crippen LogP contribution in [0.2, 0.25) is 0 Å². The number of pyridine rings is 1. The van der Waals surface area contributed by atoms with E-state index in [1.54, 1.807) is 13.0 Å². The van der Waals surface area contributed by atoms with E-state index in [1.165, 1.54) is 6.07 Å². The zero-order chi connectivity index (χ0) is 12.8. The Kier molecular flexibility index (Phi) is 4.45. The summed E-state index contributed by atoms with van der Waals surface area (Å²) in [5.41, 5.74) is 6.13. The van der Waals surface area contributed by atoms with E-state index in [0.29, 0.717) is 18.6 Å². The molecule has 6 nitrogen and oxygen atoms in total. The highest BCUT2D eigenvalue weighted by Gasteiger charge is 2.09. The number of esters is 1. The molecule has 0 radical (unpaired) electrons. The highest BCUT2D eigenvalue weighted by atomic mass is 16.5. The molecular formula is C11H14N2O4. The molecule has 0 spiro atoms. The Bertz CT molecular complexity index is 431. The van der Waals surface area contributed by atoms with Gasteiger partial charge in [0.25, 0.3) is 0 Å². The summed E-state index contributed by atoms with van der Waals surface area (Å²) in [6.07, 6.45) is 0.587. The van der Waals surface area contributed by atoms with Crippen LogP contribution in [0, 0.1) is 0 Å². The lowest BCUT2D eigenvalue weighted by Gasteiger charge is -2.05. The van der Waals surface area contributed by atoms with E-state index in [1.807, 2.05) is 0 Å². The number of aryl methyl sites for hydroxylation is 1. The molecule has 0 saturated heterocycles. The van der Waals surface area contributed by atoms with Crippen LogP contribution in [0.5, 0.6) is 0 Å². The smallest absolute Gasteiger partial charge is 0.354 e. The van der Waals surface area contributed by atoms with Gasteiger partial charge in [0.2, 0.25) is 0 Å². The molecule has 0 fully saturated rings. The fraction of sp³-hybridized carbons (Fsp3) is 0.364. The van der Waals surface area contributed by atoms with Crippen LogP contribution in [-0.4, -0.2) is 28.6 Å². The summed E-state index contributed by atoms with van der Waals surface area (Å²) in [5.74, 6) is -1.31. The van der Waals surface area contributed by atoms with Crippen LogP contribution in [0.15, 0.2) is 12.1 Å². The molecule has 6 heteroatoms. The number of carbonyl (C=O) groups excluding carboxylic acids is 1. The van der Waals surface area contributed by atoms with Crippen LogP contribution in [0.3, 0.4) is 0 Å². The Hall–Kier alpha value is -2.11. The first kappa shape index (κ1) is 13.0. The first-order valence-electron chi connectivity index (χ1n) is 5.19. The van der Waals surface area contributed by atoms with E-state index in [2.05, 4.69) is 4.98 Å². The Balaban J connectivity index is 2.66. The molecule has 92 valence electrons. The van der Waals surface area contributed by atoms with Gasteiger partial charge >= 0.3 is 11.9 Å². The van der Waals surface area contributed by atoms with Crippen LogP contribution >= 0.6 is 0 Å². The van der Waals surface area contributed by atoms with E-state index in [-0.39, 0.29) is 23.9 Å². The van der Waals surface area contributed by atoms with Crippen LogP contribution < -0.4 is 5.73 Å². The fourth-order valence-corrected chi connectivity index (χ4v) is 1.30. The molecule has 0 aliphatic rings.